The summed E-state index contributed by atoms with van der Waals surface area (Å²) in [6, 6.07) is 0. The van der Waals surface area contributed by atoms with Crippen molar-refractivity contribution in [1.82, 2.24) is 19.9 Å². The summed E-state index contributed by atoms with van der Waals surface area (Å²) in [4.78, 5) is 14.1. The molecule has 0 atom stereocenters. The van der Waals surface area contributed by atoms with Crippen molar-refractivity contribution in [2.24, 2.45) is 0 Å². The van der Waals surface area contributed by atoms with Crippen LogP contribution in [0, 0.1) is 0 Å². The molecular weight excluding hydrogens is 216 g/mol. The van der Waals surface area contributed by atoms with E-state index in [1.165, 1.54) is 11.4 Å². The van der Waals surface area contributed by atoms with Gasteiger partial charge < -0.3 is 14.7 Å². The topological polar surface area (TPSA) is 66.6 Å². The first kappa shape index (κ1) is 11.9. The zero-order chi connectivity index (χ0) is 11.8. The van der Waals surface area contributed by atoms with Crippen molar-refractivity contribution in [2.75, 3.05) is 13.2 Å². The van der Waals surface area contributed by atoms with Crippen LogP contribution >= 0.6 is 0 Å². The highest BCUT2D eigenvalue weighted by atomic mass is 16.5. The lowest BCUT2D eigenvalue weighted by Gasteiger charge is -2.02. The smallest absolute Gasteiger partial charge is 0.0921 e. The Bertz CT molecular complexity index is 344. The van der Waals surface area contributed by atoms with Gasteiger partial charge in [0.15, 0.2) is 0 Å². The standard InChI is InChI=1S/C12H18N4O/c1(3-11-7-13-9-15-11)5-17-6-2-4-12-8-14-10-16-12/h7-10H,1-6H2,(H,13,15)(H,14,16). The third-order valence-corrected chi connectivity index (χ3v) is 2.58. The Morgan fingerprint density at radius 1 is 0.882 bits per heavy atom. The number of hydrogen-bond donors (Lipinski definition) is 2. The van der Waals surface area contributed by atoms with Crippen molar-refractivity contribution in [3.63, 3.8) is 0 Å². The predicted molar refractivity (Wildman–Crippen MR) is 64.6 cm³/mol. The number of aromatic amines is 2. The molecule has 2 aromatic heterocycles. The lowest BCUT2D eigenvalue weighted by molar-refractivity contribution is 0.129. The van der Waals surface area contributed by atoms with Crippen LogP contribution in [-0.2, 0) is 17.6 Å². The molecule has 5 nitrogen and oxygen atoms in total. The molecule has 0 saturated heterocycles. The lowest BCUT2D eigenvalue weighted by Crippen LogP contribution is -2.00. The Labute approximate surface area is 101 Å². The number of nitrogens with one attached hydrogen (secondary N) is 2. The number of aryl methyl sites for hydroxylation is 2. The molecule has 0 unspecified atom stereocenters. The molecule has 0 aliphatic carbocycles. The molecule has 92 valence electrons. The normalized spacial score (nSPS) is 10.8. The van der Waals surface area contributed by atoms with Gasteiger partial charge in [-0.15, -0.1) is 0 Å². The lowest BCUT2D eigenvalue weighted by atomic mass is 10.2. The molecule has 2 aromatic rings. The molecule has 0 saturated carbocycles. The number of ether oxygens (including phenoxy) is 1. The highest BCUT2D eigenvalue weighted by Crippen LogP contribution is 1.99. The molecule has 2 rings (SSSR count). The van der Waals surface area contributed by atoms with E-state index in [9.17, 15) is 0 Å². The van der Waals surface area contributed by atoms with Gasteiger partial charge in [-0.05, 0) is 25.7 Å². The maximum Gasteiger partial charge on any atom is 0.0921 e. The molecule has 0 aromatic carbocycles. The maximum absolute atomic E-state index is 5.56. The van der Waals surface area contributed by atoms with E-state index in [0.717, 1.165) is 38.9 Å². The number of imidazole rings is 2. The predicted octanol–water partition coefficient (Wildman–Crippen LogP) is 1.71. The van der Waals surface area contributed by atoms with E-state index < -0.39 is 0 Å². The van der Waals surface area contributed by atoms with Crippen molar-refractivity contribution in [1.29, 1.82) is 0 Å². The van der Waals surface area contributed by atoms with Gasteiger partial charge in [-0.2, -0.15) is 0 Å². The molecule has 0 amide bonds. The summed E-state index contributed by atoms with van der Waals surface area (Å²) in [7, 11) is 0. The van der Waals surface area contributed by atoms with E-state index in [1.807, 2.05) is 12.4 Å². The van der Waals surface area contributed by atoms with Crippen LogP contribution in [0.4, 0.5) is 0 Å². The summed E-state index contributed by atoms with van der Waals surface area (Å²) in [5, 5.41) is 0. The summed E-state index contributed by atoms with van der Waals surface area (Å²) in [5.74, 6) is 0. The van der Waals surface area contributed by atoms with Crippen LogP contribution in [-0.4, -0.2) is 33.1 Å². The molecule has 2 heterocycles. The second-order valence-electron chi connectivity index (χ2n) is 3.97. The van der Waals surface area contributed by atoms with Gasteiger partial charge in [-0.25, -0.2) is 9.97 Å². The third-order valence-electron chi connectivity index (χ3n) is 2.58. The quantitative estimate of drug-likeness (QED) is 0.683. The molecule has 0 fully saturated rings. The van der Waals surface area contributed by atoms with Crippen molar-refractivity contribution < 1.29 is 4.74 Å². The van der Waals surface area contributed by atoms with Gasteiger partial charge in [0, 0.05) is 37.0 Å². The van der Waals surface area contributed by atoms with Crippen LogP contribution < -0.4 is 0 Å². The average Bonchev–Trinajstić information content (AvgIpc) is 3.00. The molecule has 0 aliphatic rings. The Morgan fingerprint density at radius 3 is 1.82 bits per heavy atom. The fourth-order valence-electron chi connectivity index (χ4n) is 1.67. The van der Waals surface area contributed by atoms with E-state index in [1.54, 1.807) is 12.7 Å². The van der Waals surface area contributed by atoms with Crippen LogP contribution in [0.1, 0.15) is 24.2 Å². The van der Waals surface area contributed by atoms with E-state index in [2.05, 4.69) is 19.9 Å². The largest absolute Gasteiger partial charge is 0.381 e. The number of aromatic nitrogens is 4. The molecular formula is C12H18N4O. The Morgan fingerprint density at radius 2 is 1.41 bits per heavy atom. The first-order chi connectivity index (χ1) is 8.45. The second-order valence-corrected chi connectivity index (χ2v) is 3.97. The molecule has 0 spiro atoms. The number of nitrogens with zero attached hydrogens (tertiary/aromatic N) is 2. The Balaban J connectivity index is 1.44. The van der Waals surface area contributed by atoms with Crippen molar-refractivity contribution in [2.45, 2.75) is 25.7 Å². The summed E-state index contributed by atoms with van der Waals surface area (Å²) in [6.45, 7) is 1.62. The zero-order valence-electron chi connectivity index (χ0n) is 9.85. The maximum atomic E-state index is 5.56. The molecule has 5 heteroatoms. The molecule has 0 bridgehead atoms. The summed E-state index contributed by atoms with van der Waals surface area (Å²) in [5.41, 5.74) is 2.34. The Hall–Kier alpha value is -1.62. The van der Waals surface area contributed by atoms with Gasteiger partial charge in [0.05, 0.1) is 12.7 Å². The van der Waals surface area contributed by atoms with Gasteiger partial charge in [-0.1, -0.05) is 0 Å². The molecule has 2 N–H and O–H groups in total. The van der Waals surface area contributed by atoms with Gasteiger partial charge >= 0.3 is 0 Å². The first-order valence-electron chi connectivity index (χ1n) is 5.97. The van der Waals surface area contributed by atoms with Crippen LogP contribution in [0.2, 0.25) is 0 Å². The number of rotatable bonds is 8. The number of H-pyrrole nitrogens is 2. The fourth-order valence-corrected chi connectivity index (χ4v) is 1.67. The van der Waals surface area contributed by atoms with Crippen molar-refractivity contribution in [3.05, 3.63) is 36.4 Å². The Kier molecular flexibility index (Phi) is 4.78. The highest BCUT2D eigenvalue weighted by Gasteiger charge is 1.96. The van der Waals surface area contributed by atoms with E-state index >= 15 is 0 Å². The van der Waals surface area contributed by atoms with E-state index in [0.29, 0.717) is 0 Å². The van der Waals surface area contributed by atoms with Crippen LogP contribution in [0.15, 0.2) is 25.0 Å². The van der Waals surface area contributed by atoms with Gasteiger partial charge in [0.25, 0.3) is 0 Å². The van der Waals surface area contributed by atoms with Gasteiger partial charge in [0.2, 0.25) is 0 Å². The minimum atomic E-state index is 0.808. The van der Waals surface area contributed by atoms with Gasteiger partial charge in [0.1, 0.15) is 0 Å². The summed E-state index contributed by atoms with van der Waals surface area (Å²) < 4.78 is 5.56. The highest BCUT2D eigenvalue weighted by molar-refractivity contribution is 4.94. The van der Waals surface area contributed by atoms with Crippen molar-refractivity contribution in [3.8, 4) is 0 Å². The van der Waals surface area contributed by atoms with Gasteiger partial charge in [-0.3, -0.25) is 0 Å². The van der Waals surface area contributed by atoms with Crippen LogP contribution in [0.25, 0.3) is 0 Å². The first-order valence-corrected chi connectivity index (χ1v) is 5.97. The average molecular weight is 234 g/mol. The molecule has 17 heavy (non-hydrogen) atoms. The van der Waals surface area contributed by atoms with E-state index in [4.69, 9.17) is 4.74 Å². The minimum Gasteiger partial charge on any atom is -0.381 e. The monoisotopic (exact) mass is 234 g/mol. The molecule has 0 radical (unpaired) electrons. The zero-order valence-corrected chi connectivity index (χ0v) is 9.85. The minimum absolute atomic E-state index is 0.808. The SMILES string of the molecule is c1ncc(CCCOCCCc2cnc[nH]2)[nH]1. The van der Waals surface area contributed by atoms with Crippen LogP contribution in [0.3, 0.4) is 0 Å². The molecule has 0 aliphatic heterocycles. The summed E-state index contributed by atoms with van der Waals surface area (Å²) in [6.07, 6.45) is 11.2. The third kappa shape index (κ3) is 4.40. The van der Waals surface area contributed by atoms with Crippen LogP contribution in [0.5, 0.6) is 0 Å². The van der Waals surface area contributed by atoms with Crippen molar-refractivity contribution >= 4 is 0 Å². The fraction of sp³-hybridized carbons (Fsp3) is 0.500. The second kappa shape index (κ2) is 6.85. The summed E-state index contributed by atoms with van der Waals surface area (Å²) >= 11 is 0. The number of hydrogen-bond acceptors (Lipinski definition) is 3. The van der Waals surface area contributed by atoms with E-state index in [-0.39, 0.29) is 0 Å².